The quantitative estimate of drug-likeness (QED) is 0.578. The van der Waals surface area contributed by atoms with Gasteiger partial charge in [0.15, 0.2) is 0 Å². The van der Waals surface area contributed by atoms with Gasteiger partial charge in [0, 0.05) is 15.9 Å². The molecule has 0 aromatic heterocycles. The number of aliphatic hydroxyl groups excluding tert-OH is 1. The molecular weight excluding hydrogens is 180 g/mol. The fourth-order valence-corrected chi connectivity index (χ4v) is 0.485. The molecule has 0 spiro atoms. The Morgan fingerprint density at radius 3 is 2.00 bits per heavy atom. The summed E-state index contributed by atoms with van der Waals surface area (Å²) in [4.78, 5) is 2.49. The molecule has 0 fully saturated rings. The molecule has 2 heteroatoms. The highest BCUT2D eigenvalue weighted by Gasteiger charge is 2.19. The van der Waals surface area contributed by atoms with E-state index in [1.807, 2.05) is 20.8 Å². The van der Waals surface area contributed by atoms with Crippen LogP contribution in [0.5, 0.6) is 0 Å². The third kappa shape index (κ3) is 3.56. The van der Waals surface area contributed by atoms with Crippen molar-refractivity contribution in [2.24, 2.45) is 5.41 Å². The number of hydrogen-bond donors (Lipinski definition) is 1. The first-order valence-electron chi connectivity index (χ1n) is 2.77. The largest absolute Gasteiger partial charge is 0.380 e. The van der Waals surface area contributed by atoms with Crippen LogP contribution in [-0.2, 0) is 0 Å². The van der Waals surface area contributed by atoms with Gasteiger partial charge < -0.3 is 5.11 Å². The summed E-state index contributed by atoms with van der Waals surface area (Å²) < 4.78 is 0. The van der Waals surface area contributed by atoms with Crippen molar-refractivity contribution in [1.29, 1.82) is 0 Å². The summed E-state index contributed by atoms with van der Waals surface area (Å²) in [6, 6.07) is 0. The summed E-state index contributed by atoms with van der Waals surface area (Å²) >= 11 is 2.92. The molecule has 0 radical (unpaired) electrons. The first-order chi connectivity index (χ1) is 3.98. The molecule has 1 nitrogen and oxygen atoms in total. The lowest BCUT2D eigenvalue weighted by Gasteiger charge is -2.20. The highest BCUT2D eigenvalue weighted by Crippen LogP contribution is 2.17. The monoisotopic (exact) mass is 190 g/mol. The summed E-state index contributed by atoms with van der Waals surface area (Å²) in [5, 5.41) is 9.18. The van der Waals surface area contributed by atoms with Gasteiger partial charge in [-0.1, -0.05) is 26.7 Å². The summed E-state index contributed by atoms with van der Waals surface area (Å²) in [6.45, 7) is 5.82. The van der Waals surface area contributed by atoms with E-state index >= 15 is 0 Å². The van der Waals surface area contributed by atoms with Crippen LogP contribution in [0, 0.1) is 16.2 Å². The van der Waals surface area contributed by atoms with E-state index in [-0.39, 0.29) is 5.41 Å². The molecule has 1 N–H and O–H groups in total. The van der Waals surface area contributed by atoms with Gasteiger partial charge in [0.1, 0.15) is 6.10 Å². The number of rotatable bonds is 0. The van der Waals surface area contributed by atoms with Gasteiger partial charge in [0.05, 0.1) is 0 Å². The van der Waals surface area contributed by atoms with E-state index in [1.54, 1.807) is 0 Å². The molecule has 52 valence electrons. The standard InChI is InChI=1S/C7H11BrO/c1-7(2,3)6(9)4-5-8/h6,9H,1-3H3/t6-/m1/s1. The fourth-order valence-electron chi connectivity index (χ4n) is 0.268. The maximum absolute atomic E-state index is 9.18. The van der Waals surface area contributed by atoms with Crippen LogP contribution >= 0.6 is 15.9 Å². The molecule has 0 rings (SSSR count). The van der Waals surface area contributed by atoms with Crippen molar-refractivity contribution in [3.8, 4) is 10.8 Å². The molecule has 0 saturated carbocycles. The predicted octanol–water partition coefficient (Wildman–Crippen LogP) is 1.75. The Morgan fingerprint density at radius 1 is 1.44 bits per heavy atom. The topological polar surface area (TPSA) is 20.2 Å². The molecule has 0 aromatic carbocycles. The molecule has 0 bridgehead atoms. The van der Waals surface area contributed by atoms with Crippen molar-refractivity contribution in [3.63, 3.8) is 0 Å². The van der Waals surface area contributed by atoms with Gasteiger partial charge in [-0.25, -0.2) is 0 Å². The number of aliphatic hydroxyl groups is 1. The third-order valence-corrected chi connectivity index (χ3v) is 1.24. The van der Waals surface area contributed by atoms with Gasteiger partial charge in [0.25, 0.3) is 0 Å². The van der Waals surface area contributed by atoms with Crippen LogP contribution in [0.4, 0.5) is 0 Å². The number of halogens is 1. The minimum Gasteiger partial charge on any atom is -0.380 e. The van der Waals surface area contributed by atoms with E-state index in [2.05, 4.69) is 26.7 Å². The highest BCUT2D eigenvalue weighted by atomic mass is 79.9. The van der Waals surface area contributed by atoms with E-state index in [0.29, 0.717) is 0 Å². The van der Waals surface area contributed by atoms with E-state index < -0.39 is 6.10 Å². The SMILES string of the molecule is CC(C)(C)[C@H](O)C#CBr. The maximum atomic E-state index is 9.18. The van der Waals surface area contributed by atoms with Crippen LogP contribution in [0.25, 0.3) is 0 Å². The lowest BCUT2D eigenvalue weighted by molar-refractivity contribution is 0.114. The molecule has 1 atom stereocenters. The normalized spacial score (nSPS) is 13.9. The van der Waals surface area contributed by atoms with E-state index in [0.717, 1.165) is 0 Å². The minimum absolute atomic E-state index is 0.138. The van der Waals surface area contributed by atoms with Gasteiger partial charge in [-0.15, -0.1) is 0 Å². The second-order valence-corrected chi connectivity index (χ2v) is 3.40. The second kappa shape index (κ2) is 3.24. The average Bonchev–Trinajstić information content (AvgIpc) is 1.64. The Morgan fingerprint density at radius 2 is 1.89 bits per heavy atom. The molecule has 0 amide bonds. The zero-order chi connectivity index (χ0) is 7.49. The smallest absolute Gasteiger partial charge is 0.120 e. The molecule has 0 saturated heterocycles. The first kappa shape index (κ1) is 9.00. The molecule has 0 aliphatic rings. The zero-order valence-corrected chi connectivity index (χ0v) is 7.49. The third-order valence-electron chi connectivity index (χ3n) is 1.01. The molecule has 0 aliphatic carbocycles. The maximum Gasteiger partial charge on any atom is 0.120 e. The van der Waals surface area contributed by atoms with Crippen LogP contribution in [0.3, 0.4) is 0 Å². The van der Waals surface area contributed by atoms with Crippen molar-refractivity contribution in [2.75, 3.05) is 0 Å². The summed E-state index contributed by atoms with van der Waals surface area (Å²) in [5.41, 5.74) is -0.138. The summed E-state index contributed by atoms with van der Waals surface area (Å²) in [5.74, 6) is 2.61. The van der Waals surface area contributed by atoms with Gasteiger partial charge >= 0.3 is 0 Å². The second-order valence-electron chi connectivity index (χ2n) is 3.01. The molecular formula is C7H11BrO. The molecule has 0 aliphatic heterocycles. The van der Waals surface area contributed by atoms with E-state index in [9.17, 15) is 5.11 Å². The van der Waals surface area contributed by atoms with Gasteiger partial charge in [-0.05, 0) is 10.2 Å². The van der Waals surface area contributed by atoms with Crippen LogP contribution in [0.1, 0.15) is 20.8 Å². The highest BCUT2D eigenvalue weighted by molar-refractivity contribution is 9.12. The molecule has 0 heterocycles. The molecule has 9 heavy (non-hydrogen) atoms. The Hall–Kier alpha value is 0. The van der Waals surface area contributed by atoms with Gasteiger partial charge in [-0.3, -0.25) is 0 Å². The van der Waals surface area contributed by atoms with Crippen molar-refractivity contribution in [3.05, 3.63) is 0 Å². The molecule has 0 unspecified atom stereocenters. The van der Waals surface area contributed by atoms with Gasteiger partial charge in [0.2, 0.25) is 0 Å². The predicted molar refractivity (Wildman–Crippen MR) is 42.2 cm³/mol. The van der Waals surface area contributed by atoms with Crippen molar-refractivity contribution >= 4 is 15.9 Å². The Balaban J connectivity index is 3.99. The Kier molecular flexibility index (Phi) is 3.24. The summed E-state index contributed by atoms with van der Waals surface area (Å²) in [6.07, 6.45) is -0.545. The summed E-state index contributed by atoms with van der Waals surface area (Å²) in [7, 11) is 0. The van der Waals surface area contributed by atoms with Crippen LogP contribution in [-0.4, -0.2) is 11.2 Å². The Bertz CT molecular complexity index is 135. The molecule has 0 aromatic rings. The Labute approximate surface area is 64.6 Å². The van der Waals surface area contributed by atoms with Crippen molar-refractivity contribution < 1.29 is 5.11 Å². The lowest BCUT2D eigenvalue weighted by Crippen LogP contribution is -2.23. The minimum atomic E-state index is -0.545. The average molecular weight is 191 g/mol. The fraction of sp³-hybridized carbons (Fsp3) is 0.714. The van der Waals surface area contributed by atoms with Gasteiger partial charge in [-0.2, -0.15) is 0 Å². The lowest BCUT2D eigenvalue weighted by atomic mass is 9.90. The van der Waals surface area contributed by atoms with Crippen LogP contribution in [0.2, 0.25) is 0 Å². The van der Waals surface area contributed by atoms with Crippen molar-refractivity contribution in [1.82, 2.24) is 0 Å². The first-order valence-corrected chi connectivity index (χ1v) is 3.57. The van der Waals surface area contributed by atoms with Crippen LogP contribution < -0.4 is 0 Å². The van der Waals surface area contributed by atoms with E-state index in [4.69, 9.17) is 0 Å². The number of hydrogen-bond acceptors (Lipinski definition) is 1. The van der Waals surface area contributed by atoms with E-state index in [1.165, 1.54) is 0 Å². The zero-order valence-electron chi connectivity index (χ0n) is 5.90. The van der Waals surface area contributed by atoms with Crippen LogP contribution in [0.15, 0.2) is 0 Å². The van der Waals surface area contributed by atoms with Crippen molar-refractivity contribution in [2.45, 2.75) is 26.9 Å².